The zero-order valence-electron chi connectivity index (χ0n) is 12.9. The van der Waals surface area contributed by atoms with Gasteiger partial charge < -0.3 is 25.8 Å². The van der Waals surface area contributed by atoms with Gasteiger partial charge in [0.15, 0.2) is 11.5 Å². The second-order valence-electron chi connectivity index (χ2n) is 5.09. The van der Waals surface area contributed by atoms with Gasteiger partial charge in [0.2, 0.25) is 5.91 Å². The van der Waals surface area contributed by atoms with E-state index in [9.17, 15) is 9.59 Å². The van der Waals surface area contributed by atoms with Crippen LogP contribution in [0.5, 0.6) is 11.5 Å². The summed E-state index contributed by atoms with van der Waals surface area (Å²) >= 11 is 1.60. The Morgan fingerprint density at radius 2 is 2.13 bits per heavy atom. The van der Waals surface area contributed by atoms with Crippen molar-refractivity contribution in [2.75, 3.05) is 25.2 Å². The molecular weight excluding hydrogens is 318 g/mol. The molecule has 1 aliphatic rings. The smallest absolute Gasteiger partial charge is 0.312 e. The van der Waals surface area contributed by atoms with Crippen molar-refractivity contribution in [3.8, 4) is 11.5 Å². The molecule has 1 aromatic rings. The van der Waals surface area contributed by atoms with Gasteiger partial charge in [0.05, 0.1) is 6.54 Å². The van der Waals surface area contributed by atoms with Crippen LogP contribution in [0.2, 0.25) is 0 Å². The predicted octanol–water partition coefficient (Wildman–Crippen LogP) is 0.733. The number of primary amides is 1. The summed E-state index contributed by atoms with van der Waals surface area (Å²) in [5.41, 5.74) is 5.11. The number of ether oxygens (including phenoxy) is 2. The van der Waals surface area contributed by atoms with E-state index in [-0.39, 0.29) is 12.0 Å². The second-order valence-corrected chi connectivity index (χ2v) is 6.07. The Morgan fingerprint density at radius 1 is 1.39 bits per heavy atom. The third kappa shape index (κ3) is 5.24. The van der Waals surface area contributed by atoms with E-state index in [1.54, 1.807) is 11.8 Å². The van der Waals surface area contributed by atoms with Crippen LogP contribution in [0.15, 0.2) is 24.3 Å². The first-order valence-electron chi connectivity index (χ1n) is 7.31. The summed E-state index contributed by atoms with van der Waals surface area (Å²) in [5.74, 6) is 1.82. The molecule has 2 atom stereocenters. The van der Waals surface area contributed by atoms with Crippen LogP contribution in [0.25, 0.3) is 0 Å². The number of carbonyl (C=O) groups excluding carboxylic acids is 2. The molecular formula is C15H21N3O4S. The molecule has 0 saturated carbocycles. The number of urea groups is 1. The van der Waals surface area contributed by atoms with Crippen molar-refractivity contribution in [2.45, 2.75) is 18.6 Å². The van der Waals surface area contributed by atoms with Crippen LogP contribution in [0, 0.1) is 0 Å². The van der Waals surface area contributed by atoms with Crippen molar-refractivity contribution >= 4 is 23.7 Å². The Kier molecular flexibility index (Phi) is 6.40. The standard InChI is InChI=1S/C15H21N3O4S/c1-23-7-6-11(18-15(16)20)14(19)17-8-10-9-21-12-4-2-3-5-13(12)22-10/h2-5,10-11H,6-9H2,1H3,(H,17,19)(H3,16,18,20)/t10-,11+/m1/s1. The minimum Gasteiger partial charge on any atom is -0.486 e. The number of para-hydroxylation sites is 2. The largest absolute Gasteiger partial charge is 0.486 e. The summed E-state index contributed by atoms with van der Waals surface area (Å²) in [4.78, 5) is 23.2. The normalized spacial score (nSPS) is 17.2. The molecule has 0 aromatic heterocycles. The highest BCUT2D eigenvalue weighted by Gasteiger charge is 2.24. The van der Waals surface area contributed by atoms with Gasteiger partial charge in [-0.3, -0.25) is 4.79 Å². The zero-order valence-corrected chi connectivity index (χ0v) is 13.7. The molecule has 2 rings (SSSR count). The molecule has 0 spiro atoms. The molecule has 126 valence electrons. The van der Waals surface area contributed by atoms with Crippen molar-refractivity contribution in [1.29, 1.82) is 0 Å². The Hall–Kier alpha value is -2.09. The van der Waals surface area contributed by atoms with E-state index < -0.39 is 12.1 Å². The Balaban J connectivity index is 1.84. The number of fused-ring (bicyclic) bond motifs is 1. The number of thioether (sulfide) groups is 1. The SMILES string of the molecule is CSCC[C@H](NC(N)=O)C(=O)NC[C@@H]1COc2ccccc2O1. The number of carbonyl (C=O) groups is 2. The van der Waals surface area contributed by atoms with Gasteiger partial charge in [0, 0.05) is 0 Å². The fourth-order valence-electron chi connectivity index (χ4n) is 2.18. The highest BCUT2D eigenvalue weighted by atomic mass is 32.2. The molecule has 3 amide bonds. The molecule has 1 heterocycles. The molecule has 0 radical (unpaired) electrons. The quantitative estimate of drug-likeness (QED) is 0.680. The molecule has 23 heavy (non-hydrogen) atoms. The zero-order chi connectivity index (χ0) is 16.7. The lowest BCUT2D eigenvalue weighted by atomic mass is 10.2. The number of hydrogen-bond acceptors (Lipinski definition) is 5. The lowest BCUT2D eigenvalue weighted by Gasteiger charge is -2.27. The number of nitrogens with two attached hydrogens (primary N) is 1. The van der Waals surface area contributed by atoms with E-state index in [0.29, 0.717) is 31.1 Å². The Bertz CT molecular complexity index is 555. The van der Waals surface area contributed by atoms with Crippen molar-refractivity contribution in [3.63, 3.8) is 0 Å². The summed E-state index contributed by atoms with van der Waals surface area (Å²) in [6.45, 7) is 0.652. The molecule has 4 N–H and O–H groups in total. The topological polar surface area (TPSA) is 103 Å². The summed E-state index contributed by atoms with van der Waals surface area (Å²) in [7, 11) is 0. The fraction of sp³-hybridized carbons (Fsp3) is 0.467. The van der Waals surface area contributed by atoms with Crippen molar-refractivity contribution in [1.82, 2.24) is 10.6 Å². The van der Waals surface area contributed by atoms with E-state index in [1.807, 2.05) is 30.5 Å². The van der Waals surface area contributed by atoms with Gasteiger partial charge in [-0.05, 0) is 30.6 Å². The Labute approximate surface area is 139 Å². The molecule has 0 aliphatic carbocycles. The van der Waals surface area contributed by atoms with Crippen LogP contribution in [0.3, 0.4) is 0 Å². The third-order valence-corrected chi connectivity index (χ3v) is 3.96. The second kappa shape index (κ2) is 8.52. The number of benzene rings is 1. The first-order valence-corrected chi connectivity index (χ1v) is 8.70. The van der Waals surface area contributed by atoms with Crippen LogP contribution < -0.4 is 25.8 Å². The maximum atomic E-state index is 12.2. The first kappa shape index (κ1) is 17.3. The Morgan fingerprint density at radius 3 is 2.83 bits per heavy atom. The lowest BCUT2D eigenvalue weighted by molar-refractivity contribution is -0.123. The van der Waals surface area contributed by atoms with Crippen molar-refractivity contribution in [2.24, 2.45) is 5.73 Å². The van der Waals surface area contributed by atoms with Gasteiger partial charge in [-0.15, -0.1) is 0 Å². The number of amides is 3. The van der Waals surface area contributed by atoms with E-state index in [2.05, 4.69) is 10.6 Å². The van der Waals surface area contributed by atoms with Gasteiger partial charge in [0.25, 0.3) is 0 Å². The van der Waals surface area contributed by atoms with Gasteiger partial charge >= 0.3 is 6.03 Å². The molecule has 1 aliphatic heterocycles. The molecule has 0 unspecified atom stereocenters. The van der Waals surface area contributed by atoms with Crippen molar-refractivity contribution in [3.05, 3.63) is 24.3 Å². The van der Waals surface area contributed by atoms with Crippen molar-refractivity contribution < 1.29 is 19.1 Å². The highest BCUT2D eigenvalue weighted by Crippen LogP contribution is 2.30. The van der Waals surface area contributed by atoms with Crippen LogP contribution in [-0.2, 0) is 4.79 Å². The average molecular weight is 339 g/mol. The predicted molar refractivity (Wildman–Crippen MR) is 88.9 cm³/mol. The maximum Gasteiger partial charge on any atom is 0.312 e. The van der Waals surface area contributed by atoms with Gasteiger partial charge in [0.1, 0.15) is 18.8 Å². The molecule has 1 aromatic carbocycles. The highest BCUT2D eigenvalue weighted by molar-refractivity contribution is 7.98. The van der Waals surface area contributed by atoms with Gasteiger partial charge in [-0.1, -0.05) is 12.1 Å². The van der Waals surface area contributed by atoms with Gasteiger partial charge in [-0.2, -0.15) is 11.8 Å². The monoisotopic (exact) mass is 339 g/mol. The average Bonchev–Trinajstić information content (AvgIpc) is 2.56. The number of hydrogen-bond donors (Lipinski definition) is 3. The molecule has 0 saturated heterocycles. The molecule has 8 heteroatoms. The summed E-state index contributed by atoms with van der Waals surface area (Å²) in [6.07, 6.45) is 2.17. The molecule has 0 bridgehead atoms. The van der Waals surface area contributed by atoms with E-state index >= 15 is 0 Å². The minimum atomic E-state index is -0.711. The third-order valence-electron chi connectivity index (χ3n) is 3.32. The number of rotatable bonds is 7. The summed E-state index contributed by atoms with van der Waals surface area (Å²) in [5, 5.41) is 5.23. The molecule has 7 nitrogen and oxygen atoms in total. The first-order chi connectivity index (χ1) is 11.1. The van der Waals surface area contributed by atoms with Crippen LogP contribution in [0.1, 0.15) is 6.42 Å². The van der Waals surface area contributed by atoms with Crippen LogP contribution in [-0.4, -0.2) is 49.2 Å². The lowest BCUT2D eigenvalue weighted by Crippen LogP contribution is -2.51. The van der Waals surface area contributed by atoms with E-state index in [4.69, 9.17) is 15.2 Å². The summed E-state index contributed by atoms with van der Waals surface area (Å²) in [6, 6.07) is 6.03. The minimum absolute atomic E-state index is 0.274. The van der Waals surface area contributed by atoms with E-state index in [1.165, 1.54) is 0 Å². The maximum absolute atomic E-state index is 12.2. The van der Waals surface area contributed by atoms with Gasteiger partial charge in [-0.25, -0.2) is 4.79 Å². The fourth-order valence-corrected chi connectivity index (χ4v) is 2.65. The van der Waals surface area contributed by atoms with Crippen LogP contribution in [0.4, 0.5) is 4.79 Å². The molecule has 0 fully saturated rings. The van der Waals surface area contributed by atoms with Crippen LogP contribution >= 0.6 is 11.8 Å². The van der Waals surface area contributed by atoms with E-state index in [0.717, 1.165) is 5.75 Å². The number of nitrogens with one attached hydrogen (secondary N) is 2. The summed E-state index contributed by atoms with van der Waals surface area (Å²) < 4.78 is 11.4.